The minimum absolute atomic E-state index is 0.0370. The maximum absolute atomic E-state index is 12.3. The van der Waals surface area contributed by atoms with Gasteiger partial charge in [-0.2, -0.15) is 0 Å². The lowest BCUT2D eigenvalue weighted by Gasteiger charge is -2.25. The van der Waals surface area contributed by atoms with E-state index in [2.05, 4.69) is 30.4 Å². The van der Waals surface area contributed by atoms with Crippen molar-refractivity contribution < 1.29 is 9.90 Å². The molecule has 1 fully saturated rings. The van der Waals surface area contributed by atoms with Crippen LogP contribution in [0.1, 0.15) is 36.5 Å². The molecule has 1 heterocycles. The molecule has 0 unspecified atom stereocenters. The minimum Gasteiger partial charge on any atom is -0.394 e. The molecule has 0 radical (unpaired) electrons. The van der Waals surface area contributed by atoms with Gasteiger partial charge in [0.2, 0.25) is 0 Å². The molecule has 0 bridgehead atoms. The van der Waals surface area contributed by atoms with E-state index in [4.69, 9.17) is 0 Å². The summed E-state index contributed by atoms with van der Waals surface area (Å²) < 4.78 is 0. The second-order valence-corrected chi connectivity index (χ2v) is 6.32. The van der Waals surface area contributed by atoms with Crippen molar-refractivity contribution in [3.8, 4) is 0 Å². The third kappa shape index (κ3) is 2.91. The second-order valence-electron chi connectivity index (χ2n) is 6.32. The number of carbonyl (C=O) groups excluding carboxylic acids is 1. The van der Waals surface area contributed by atoms with E-state index in [1.807, 2.05) is 0 Å². The lowest BCUT2D eigenvalue weighted by Crippen LogP contribution is -2.45. The Kier molecular flexibility index (Phi) is 4.15. The Balaban J connectivity index is 1.58. The Morgan fingerprint density at radius 2 is 2.19 bits per heavy atom. The molecule has 114 valence electrons. The van der Waals surface area contributed by atoms with E-state index >= 15 is 0 Å². The molecule has 21 heavy (non-hydrogen) atoms. The molecule has 2 aliphatic rings. The van der Waals surface area contributed by atoms with Gasteiger partial charge in [-0.25, -0.2) is 4.79 Å². The van der Waals surface area contributed by atoms with Crippen LogP contribution in [0, 0.1) is 5.92 Å². The van der Waals surface area contributed by atoms with Crippen LogP contribution >= 0.6 is 0 Å². The number of aliphatic hydroxyl groups is 1. The summed E-state index contributed by atoms with van der Waals surface area (Å²) in [6, 6.07) is 6.43. The van der Waals surface area contributed by atoms with E-state index in [1.54, 1.807) is 4.90 Å². The van der Waals surface area contributed by atoms with Gasteiger partial charge >= 0.3 is 6.03 Å². The van der Waals surface area contributed by atoms with Crippen LogP contribution in [0.25, 0.3) is 0 Å². The van der Waals surface area contributed by atoms with Crippen LogP contribution in [-0.2, 0) is 19.4 Å². The number of nitrogens with zero attached hydrogens (tertiary/aromatic N) is 1. The Bertz CT molecular complexity index is 530. The van der Waals surface area contributed by atoms with E-state index in [9.17, 15) is 9.90 Å². The highest BCUT2D eigenvalue weighted by Crippen LogP contribution is 2.24. The lowest BCUT2D eigenvalue weighted by molar-refractivity contribution is 0.143. The van der Waals surface area contributed by atoms with Crippen LogP contribution < -0.4 is 5.32 Å². The summed E-state index contributed by atoms with van der Waals surface area (Å²) >= 11 is 0. The van der Waals surface area contributed by atoms with Gasteiger partial charge in [-0.05, 0) is 48.3 Å². The third-order valence-corrected chi connectivity index (χ3v) is 4.94. The summed E-state index contributed by atoms with van der Waals surface area (Å²) in [6.07, 6.45) is 4.56. The van der Waals surface area contributed by atoms with Gasteiger partial charge in [0.1, 0.15) is 0 Å². The predicted molar refractivity (Wildman–Crippen MR) is 82.1 cm³/mol. The normalized spacial score (nSPS) is 24.2. The predicted octanol–water partition coefficient (Wildman–Crippen LogP) is 2.09. The molecule has 4 heteroatoms. The third-order valence-electron chi connectivity index (χ3n) is 4.94. The van der Waals surface area contributed by atoms with E-state index in [0.29, 0.717) is 12.5 Å². The van der Waals surface area contributed by atoms with Crippen molar-refractivity contribution in [2.45, 2.75) is 45.2 Å². The molecule has 2 atom stereocenters. The summed E-state index contributed by atoms with van der Waals surface area (Å²) in [4.78, 5) is 14.0. The van der Waals surface area contributed by atoms with E-state index in [-0.39, 0.29) is 18.7 Å². The number of nitrogens with one attached hydrogen (secondary N) is 1. The first-order valence-electron chi connectivity index (χ1n) is 7.95. The Morgan fingerprint density at radius 1 is 1.38 bits per heavy atom. The Hall–Kier alpha value is -1.55. The number of aryl methyl sites for hydroxylation is 2. The van der Waals surface area contributed by atoms with E-state index in [0.717, 1.165) is 24.9 Å². The van der Waals surface area contributed by atoms with E-state index < -0.39 is 0 Å². The van der Waals surface area contributed by atoms with Crippen molar-refractivity contribution in [1.29, 1.82) is 0 Å². The molecule has 1 aromatic rings. The molecule has 1 aromatic carbocycles. The molecule has 1 aliphatic carbocycles. The van der Waals surface area contributed by atoms with Crippen molar-refractivity contribution in [3.63, 3.8) is 0 Å². The number of fused-ring (bicyclic) bond motifs is 1. The molecule has 1 aliphatic heterocycles. The first kappa shape index (κ1) is 14.4. The van der Waals surface area contributed by atoms with Crippen LogP contribution in [-0.4, -0.2) is 35.2 Å². The standard InChI is InChI=1S/C17H24N2O2/c1-12-7-8-19(16(12)11-20)17(21)18-10-13-5-6-14-3-2-4-15(14)9-13/h5-6,9,12,16,20H,2-4,7-8,10-11H2,1H3,(H,18,21)/t12-,16-/m0/s1. The smallest absolute Gasteiger partial charge is 0.318 e. The van der Waals surface area contributed by atoms with Gasteiger partial charge in [0.25, 0.3) is 0 Å². The van der Waals surface area contributed by atoms with E-state index in [1.165, 1.54) is 24.0 Å². The zero-order chi connectivity index (χ0) is 14.8. The zero-order valence-corrected chi connectivity index (χ0v) is 12.6. The molecule has 4 nitrogen and oxygen atoms in total. The number of carbonyl (C=O) groups is 1. The number of likely N-dealkylation sites (tertiary alicyclic amines) is 1. The number of benzene rings is 1. The molecule has 0 aromatic heterocycles. The SMILES string of the molecule is C[C@H]1CCN(C(=O)NCc2ccc3c(c2)CCC3)[C@H]1CO. The summed E-state index contributed by atoms with van der Waals surface area (Å²) in [5.74, 6) is 0.376. The number of urea groups is 1. The minimum atomic E-state index is -0.0566. The largest absolute Gasteiger partial charge is 0.394 e. The number of aliphatic hydroxyl groups excluding tert-OH is 1. The summed E-state index contributed by atoms with van der Waals surface area (Å²) in [7, 11) is 0. The number of amides is 2. The first-order chi connectivity index (χ1) is 10.2. The fourth-order valence-electron chi connectivity index (χ4n) is 3.55. The lowest BCUT2D eigenvalue weighted by atomic mass is 10.0. The maximum Gasteiger partial charge on any atom is 0.318 e. The van der Waals surface area contributed by atoms with Gasteiger partial charge in [0.15, 0.2) is 0 Å². The van der Waals surface area contributed by atoms with Gasteiger partial charge in [-0.15, -0.1) is 0 Å². The quantitative estimate of drug-likeness (QED) is 0.895. The van der Waals surface area contributed by atoms with Gasteiger partial charge in [0, 0.05) is 13.1 Å². The Labute approximate surface area is 126 Å². The van der Waals surface area contributed by atoms with Crippen LogP contribution in [0.3, 0.4) is 0 Å². The van der Waals surface area contributed by atoms with Gasteiger partial charge in [-0.1, -0.05) is 25.1 Å². The highest BCUT2D eigenvalue weighted by molar-refractivity contribution is 5.75. The number of hydrogen-bond donors (Lipinski definition) is 2. The van der Waals surface area contributed by atoms with Crippen LogP contribution in [0.2, 0.25) is 0 Å². The van der Waals surface area contributed by atoms with Crippen molar-refractivity contribution >= 4 is 6.03 Å². The topological polar surface area (TPSA) is 52.6 Å². The van der Waals surface area contributed by atoms with Crippen LogP contribution in [0.4, 0.5) is 4.79 Å². The molecular formula is C17H24N2O2. The number of hydrogen-bond acceptors (Lipinski definition) is 2. The van der Waals surface area contributed by atoms with Crippen LogP contribution in [0.5, 0.6) is 0 Å². The molecular weight excluding hydrogens is 264 g/mol. The fraction of sp³-hybridized carbons (Fsp3) is 0.588. The molecule has 2 amide bonds. The van der Waals surface area contributed by atoms with Crippen LogP contribution in [0.15, 0.2) is 18.2 Å². The maximum atomic E-state index is 12.3. The van der Waals surface area contributed by atoms with Crippen molar-refractivity contribution in [2.24, 2.45) is 5.92 Å². The van der Waals surface area contributed by atoms with Crippen molar-refractivity contribution in [1.82, 2.24) is 10.2 Å². The summed E-state index contributed by atoms with van der Waals surface area (Å²) in [5, 5.41) is 12.4. The zero-order valence-electron chi connectivity index (χ0n) is 12.6. The van der Waals surface area contributed by atoms with Gasteiger partial charge < -0.3 is 15.3 Å². The molecule has 1 saturated heterocycles. The fourth-order valence-corrected chi connectivity index (χ4v) is 3.55. The highest BCUT2D eigenvalue weighted by Gasteiger charge is 2.33. The van der Waals surface area contributed by atoms with Gasteiger partial charge in [-0.3, -0.25) is 0 Å². The molecule has 2 N–H and O–H groups in total. The average Bonchev–Trinajstić information content (AvgIpc) is 3.10. The summed E-state index contributed by atoms with van der Waals surface area (Å²) in [5.41, 5.74) is 4.06. The second kappa shape index (κ2) is 6.06. The number of rotatable bonds is 3. The Morgan fingerprint density at radius 3 is 3.00 bits per heavy atom. The van der Waals surface area contributed by atoms with Crippen molar-refractivity contribution in [3.05, 3.63) is 34.9 Å². The molecule has 0 saturated carbocycles. The van der Waals surface area contributed by atoms with Gasteiger partial charge in [0.05, 0.1) is 12.6 Å². The highest BCUT2D eigenvalue weighted by atomic mass is 16.3. The molecule has 0 spiro atoms. The van der Waals surface area contributed by atoms with Crippen molar-refractivity contribution in [2.75, 3.05) is 13.2 Å². The summed E-state index contributed by atoms with van der Waals surface area (Å²) in [6.45, 7) is 3.44. The average molecular weight is 288 g/mol. The monoisotopic (exact) mass is 288 g/mol. The first-order valence-corrected chi connectivity index (χ1v) is 7.95. The molecule has 3 rings (SSSR count).